The summed E-state index contributed by atoms with van der Waals surface area (Å²) in [4.78, 5) is 15.9. The normalized spacial score (nSPS) is 10.7. The maximum absolute atomic E-state index is 11.9. The fourth-order valence-electron chi connectivity index (χ4n) is 1.70. The quantitative estimate of drug-likeness (QED) is 0.747. The zero-order valence-electron chi connectivity index (χ0n) is 11.4. The lowest BCUT2D eigenvalue weighted by molar-refractivity contribution is -0.111. The van der Waals surface area contributed by atoms with Gasteiger partial charge in [-0.15, -0.1) is 0 Å². The van der Waals surface area contributed by atoms with Crippen LogP contribution in [0.2, 0.25) is 10.0 Å². The number of nitrogens with one attached hydrogen (secondary N) is 1. The first-order chi connectivity index (χ1) is 10.5. The van der Waals surface area contributed by atoms with Crippen LogP contribution in [0.25, 0.3) is 6.08 Å². The molecule has 0 bridgehead atoms. The van der Waals surface area contributed by atoms with Crippen molar-refractivity contribution < 1.29 is 9.53 Å². The third-order valence-electron chi connectivity index (χ3n) is 2.63. The van der Waals surface area contributed by atoms with Crippen LogP contribution in [0.4, 0.5) is 5.82 Å². The summed E-state index contributed by atoms with van der Waals surface area (Å²) in [5.41, 5.74) is 0.610. The summed E-state index contributed by atoms with van der Waals surface area (Å²) in [5.74, 6) is 0.582. The Bertz CT molecular complexity index is 718. The number of benzene rings is 1. The monoisotopic (exact) mass is 400 g/mol. The van der Waals surface area contributed by atoms with Crippen LogP contribution in [-0.2, 0) is 4.79 Å². The molecule has 2 rings (SSSR count). The number of anilines is 1. The molecule has 0 fully saturated rings. The summed E-state index contributed by atoms with van der Waals surface area (Å²) < 4.78 is 6.04. The van der Waals surface area contributed by atoms with Crippen molar-refractivity contribution in [2.75, 3.05) is 12.4 Å². The fraction of sp³-hybridized carbons (Fsp3) is 0.0667. The molecule has 2 aromatic rings. The molecular weight excluding hydrogens is 391 g/mol. The number of halogens is 3. The Balaban J connectivity index is 2.14. The molecule has 0 spiro atoms. The predicted molar refractivity (Wildman–Crippen MR) is 92.6 cm³/mol. The van der Waals surface area contributed by atoms with Crippen molar-refractivity contribution in [3.8, 4) is 5.75 Å². The van der Waals surface area contributed by atoms with Crippen molar-refractivity contribution >= 4 is 56.9 Å². The minimum absolute atomic E-state index is 0.326. The number of methoxy groups -OCH3 is 1. The molecule has 4 nitrogen and oxygen atoms in total. The van der Waals surface area contributed by atoms with Crippen LogP contribution in [0, 0.1) is 0 Å². The van der Waals surface area contributed by atoms with E-state index in [1.54, 1.807) is 36.5 Å². The molecule has 0 aliphatic heterocycles. The molecular formula is C15H11BrCl2N2O2. The van der Waals surface area contributed by atoms with Crippen LogP contribution in [0.3, 0.4) is 0 Å². The number of carbonyl (C=O) groups is 1. The number of carbonyl (C=O) groups excluding carboxylic acids is 1. The molecule has 7 heteroatoms. The van der Waals surface area contributed by atoms with Gasteiger partial charge in [-0.05, 0) is 46.3 Å². The number of pyridine rings is 1. The van der Waals surface area contributed by atoms with Gasteiger partial charge in [0.1, 0.15) is 11.6 Å². The molecule has 0 radical (unpaired) electrons. The number of hydrogen-bond acceptors (Lipinski definition) is 3. The first-order valence-electron chi connectivity index (χ1n) is 6.13. The molecule has 22 heavy (non-hydrogen) atoms. The molecule has 1 N–H and O–H groups in total. The van der Waals surface area contributed by atoms with Crippen LogP contribution in [0.1, 0.15) is 5.56 Å². The number of amides is 1. The summed E-state index contributed by atoms with van der Waals surface area (Å²) >= 11 is 15.3. The molecule has 0 aliphatic carbocycles. The average Bonchev–Trinajstić information content (AvgIpc) is 2.47. The lowest BCUT2D eigenvalue weighted by atomic mass is 10.2. The van der Waals surface area contributed by atoms with Crippen molar-refractivity contribution in [3.63, 3.8) is 0 Å². The topological polar surface area (TPSA) is 51.2 Å². The number of ether oxygens (including phenoxy) is 1. The molecule has 1 aromatic carbocycles. The molecule has 0 aliphatic rings. The van der Waals surface area contributed by atoms with Gasteiger partial charge in [0.25, 0.3) is 0 Å². The van der Waals surface area contributed by atoms with Crippen LogP contribution < -0.4 is 10.1 Å². The second kappa shape index (κ2) is 7.63. The largest absolute Gasteiger partial charge is 0.495 e. The van der Waals surface area contributed by atoms with Crippen molar-refractivity contribution in [2.45, 2.75) is 0 Å². The third-order valence-corrected chi connectivity index (χ3v) is 3.60. The van der Waals surface area contributed by atoms with Crippen LogP contribution in [-0.4, -0.2) is 18.0 Å². The van der Waals surface area contributed by atoms with Crippen LogP contribution >= 0.6 is 39.1 Å². The minimum Gasteiger partial charge on any atom is -0.495 e. The van der Waals surface area contributed by atoms with E-state index in [9.17, 15) is 4.79 Å². The Hall–Kier alpha value is -1.56. The predicted octanol–water partition coefficient (Wildman–Crippen LogP) is 4.81. The number of hydrogen-bond donors (Lipinski definition) is 1. The molecule has 0 saturated heterocycles. The lowest BCUT2D eigenvalue weighted by Crippen LogP contribution is -2.08. The molecule has 1 amide bonds. The first-order valence-corrected chi connectivity index (χ1v) is 7.68. The zero-order chi connectivity index (χ0) is 16.1. The highest BCUT2D eigenvalue weighted by atomic mass is 79.9. The summed E-state index contributed by atoms with van der Waals surface area (Å²) in [7, 11) is 1.50. The summed E-state index contributed by atoms with van der Waals surface area (Å²) in [6.07, 6.45) is 4.53. The van der Waals surface area contributed by atoms with E-state index in [-0.39, 0.29) is 5.91 Å². The van der Waals surface area contributed by atoms with E-state index in [1.165, 1.54) is 13.2 Å². The zero-order valence-corrected chi connectivity index (χ0v) is 14.5. The fourth-order valence-corrected chi connectivity index (χ4v) is 2.52. The number of nitrogens with zero attached hydrogens (tertiary/aromatic N) is 1. The van der Waals surface area contributed by atoms with E-state index in [2.05, 4.69) is 26.2 Å². The van der Waals surface area contributed by atoms with Gasteiger partial charge in [0.15, 0.2) is 0 Å². The molecule has 0 unspecified atom stereocenters. The molecule has 0 saturated carbocycles. The van der Waals surface area contributed by atoms with Crippen LogP contribution in [0.15, 0.2) is 41.0 Å². The van der Waals surface area contributed by atoms with E-state index in [4.69, 9.17) is 27.9 Å². The highest BCUT2D eigenvalue weighted by molar-refractivity contribution is 9.10. The second-order valence-corrected chi connectivity index (χ2v) is 5.95. The van der Waals surface area contributed by atoms with Gasteiger partial charge in [-0.3, -0.25) is 4.79 Å². The molecule has 114 valence electrons. The van der Waals surface area contributed by atoms with Crippen molar-refractivity contribution in [1.29, 1.82) is 0 Å². The summed E-state index contributed by atoms with van der Waals surface area (Å²) in [6, 6.07) is 6.71. The molecule has 0 atom stereocenters. The Morgan fingerprint density at radius 2 is 2.14 bits per heavy atom. The van der Waals surface area contributed by atoms with Gasteiger partial charge in [0.2, 0.25) is 5.91 Å². The number of rotatable bonds is 4. The molecule has 1 aromatic heterocycles. The second-order valence-electron chi connectivity index (χ2n) is 4.19. The van der Waals surface area contributed by atoms with Crippen molar-refractivity contribution in [2.24, 2.45) is 0 Å². The SMILES string of the molecule is COc1c(Cl)cc(Cl)cc1C=CC(=O)Nc1ccc(Br)cn1. The Labute approximate surface area is 146 Å². The van der Waals surface area contributed by atoms with Crippen molar-refractivity contribution in [1.82, 2.24) is 4.98 Å². The minimum atomic E-state index is -0.326. The Kier molecular flexibility index (Phi) is 5.83. The van der Waals surface area contributed by atoms with Gasteiger partial charge in [-0.2, -0.15) is 0 Å². The van der Waals surface area contributed by atoms with Gasteiger partial charge >= 0.3 is 0 Å². The number of aromatic nitrogens is 1. The van der Waals surface area contributed by atoms with Gasteiger partial charge in [0, 0.05) is 27.3 Å². The van der Waals surface area contributed by atoms with Crippen molar-refractivity contribution in [3.05, 3.63) is 56.6 Å². The lowest BCUT2D eigenvalue weighted by Gasteiger charge is -2.07. The van der Waals surface area contributed by atoms with E-state index in [0.29, 0.717) is 27.2 Å². The van der Waals surface area contributed by atoms with E-state index >= 15 is 0 Å². The third kappa shape index (κ3) is 4.47. The van der Waals surface area contributed by atoms with E-state index in [0.717, 1.165) is 4.47 Å². The van der Waals surface area contributed by atoms with Gasteiger partial charge in [-0.25, -0.2) is 4.98 Å². The van der Waals surface area contributed by atoms with E-state index < -0.39 is 0 Å². The highest BCUT2D eigenvalue weighted by Crippen LogP contribution is 2.32. The van der Waals surface area contributed by atoms with Gasteiger partial charge in [-0.1, -0.05) is 23.2 Å². The molecule has 1 heterocycles. The van der Waals surface area contributed by atoms with Crippen LogP contribution in [0.5, 0.6) is 5.75 Å². The highest BCUT2D eigenvalue weighted by Gasteiger charge is 2.08. The summed E-state index contributed by atoms with van der Waals surface area (Å²) in [6.45, 7) is 0. The van der Waals surface area contributed by atoms with Gasteiger partial charge in [0.05, 0.1) is 12.1 Å². The Morgan fingerprint density at radius 3 is 2.77 bits per heavy atom. The average molecular weight is 402 g/mol. The first kappa shape index (κ1) is 16.8. The summed E-state index contributed by atoms with van der Waals surface area (Å²) in [5, 5.41) is 3.48. The maximum Gasteiger partial charge on any atom is 0.249 e. The Morgan fingerprint density at radius 1 is 1.36 bits per heavy atom. The standard InChI is InChI=1S/C15H11BrCl2N2O2/c1-22-15-9(6-11(17)7-12(15)18)2-5-14(21)20-13-4-3-10(16)8-19-13/h2-8H,1H3,(H,19,20,21). The smallest absolute Gasteiger partial charge is 0.249 e. The van der Waals surface area contributed by atoms with Gasteiger partial charge < -0.3 is 10.1 Å². The maximum atomic E-state index is 11.9. The van der Waals surface area contributed by atoms with E-state index in [1.807, 2.05) is 0 Å².